The summed E-state index contributed by atoms with van der Waals surface area (Å²) in [6, 6.07) is 32.6. The Morgan fingerprint density at radius 1 is 0.479 bits per heavy atom. The van der Waals surface area contributed by atoms with Gasteiger partial charge in [-0.1, -0.05) is 76.2 Å². The molecule has 0 aliphatic heterocycles. The van der Waals surface area contributed by atoms with Crippen molar-refractivity contribution in [3.05, 3.63) is 128 Å². The van der Waals surface area contributed by atoms with Crippen molar-refractivity contribution in [1.82, 2.24) is 0 Å². The summed E-state index contributed by atoms with van der Waals surface area (Å²) < 4.78 is 0. The molecule has 4 heteroatoms. The Morgan fingerprint density at radius 2 is 0.917 bits per heavy atom. The van der Waals surface area contributed by atoms with Crippen LogP contribution in [0.5, 0.6) is 0 Å². The van der Waals surface area contributed by atoms with Crippen molar-refractivity contribution in [1.29, 1.82) is 0 Å². The Kier molecular flexibility index (Phi) is 6.29. The van der Waals surface area contributed by atoms with Crippen molar-refractivity contribution < 1.29 is 0 Å². The van der Waals surface area contributed by atoms with Crippen LogP contribution in [0.3, 0.4) is 0 Å². The molecule has 3 aromatic carbocycles. The Morgan fingerprint density at radius 3 is 1.33 bits per heavy atom. The van der Waals surface area contributed by atoms with Crippen molar-refractivity contribution in [2.24, 2.45) is 0 Å². The lowest BCUT2D eigenvalue weighted by molar-refractivity contribution is 0.600. The molecule has 0 saturated carbocycles. The third kappa shape index (κ3) is 4.04. The number of benzene rings is 3. The van der Waals surface area contributed by atoms with Gasteiger partial charge in [0.05, 0.1) is 0 Å². The molecule has 0 unspecified atom stereocenters. The first-order chi connectivity index (χ1) is 23.3. The van der Waals surface area contributed by atoms with Gasteiger partial charge in [-0.2, -0.15) is 0 Å². The highest BCUT2D eigenvalue weighted by Gasteiger charge is 2.47. The van der Waals surface area contributed by atoms with E-state index in [2.05, 4.69) is 136 Å². The Bertz CT molecular complexity index is 2370. The van der Waals surface area contributed by atoms with Gasteiger partial charge in [0, 0.05) is 40.1 Å². The molecule has 0 amide bonds. The second kappa shape index (κ2) is 10.4. The van der Waals surface area contributed by atoms with E-state index >= 15 is 0 Å². The zero-order valence-corrected chi connectivity index (χ0v) is 30.7. The highest BCUT2D eigenvalue weighted by Crippen LogP contribution is 2.58. The molecule has 0 saturated heterocycles. The molecular weight excluding hydrogens is 657 g/mol. The van der Waals surface area contributed by atoms with E-state index in [0.29, 0.717) is 0 Å². The smallest absolute Gasteiger partial charge is 0.0449 e. The molecule has 0 N–H and O–H groups in total. The molecule has 0 nitrogen and oxygen atoms in total. The first-order valence-electron chi connectivity index (χ1n) is 16.8. The fraction of sp³-hybridized carbons (Fsp3) is 0.182. The van der Waals surface area contributed by atoms with E-state index < -0.39 is 0 Å². The minimum absolute atomic E-state index is 0.121. The van der Waals surface area contributed by atoms with Crippen molar-refractivity contribution in [3.8, 4) is 62.6 Å². The summed E-state index contributed by atoms with van der Waals surface area (Å²) in [6.45, 7) is 9.92. The number of fused-ring (bicyclic) bond motifs is 10. The largest absolute Gasteiger partial charge is 0.143 e. The Balaban J connectivity index is 1.15. The normalized spacial score (nSPS) is 16.0. The molecule has 48 heavy (non-hydrogen) atoms. The summed E-state index contributed by atoms with van der Waals surface area (Å²) in [4.78, 5) is 8.09. The third-order valence-corrected chi connectivity index (χ3v) is 15.3. The van der Waals surface area contributed by atoms with Gasteiger partial charge in [0.1, 0.15) is 0 Å². The van der Waals surface area contributed by atoms with Gasteiger partial charge >= 0.3 is 0 Å². The monoisotopic (exact) mass is 690 g/mol. The van der Waals surface area contributed by atoms with Gasteiger partial charge in [-0.3, -0.25) is 0 Å². The maximum atomic E-state index is 2.54. The van der Waals surface area contributed by atoms with Crippen LogP contribution in [0.2, 0.25) is 0 Å². The van der Waals surface area contributed by atoms with Crippen LogP contribution >= 0.6 is 45.3 Å². The predicted molar refractivity (Wildman–Crippen MR) is 212 cm³/mol. The van der Waals surface area contributed by atoms with E-state index in [-0.39, 0.29) is 10.8 Å². The Labute approximate surface area is 298 Å². The summed E-state index contributed by atoms with van der Waals surface area (Å²) in [7, 11) is 0. The van der Waals surface area contributed by atoms with Gasteiger partial charge in [-0.25, -0.2) is 0 Å². The van der Waals surface area contributed by atoms with Crippen molar-refractivity contribution >= 4 is 57.5 Å². The van der Waals surface area contributed by atoms with Crippen LogP contribution in [0.15, 0.2) is 95.7 Å². The van der Waals surface area contributed by atoms with E-state index in [9.17, 15) is 0 Å². The summed E-state index contributed by atoms with van der Waals surface area (Å²) in [5.74, 6) is 0. The van der Waals surface area contributed by atoms with Crippen LogP contribution in [0.1, 0.15) is 62.8 Å². The van der Waals surface area contributed by atoms with Crippen molar-refractivity contribution in [3.63, 3.8) is 0 Å². The molecule has 4 heterocycles. The van der Waals surface area contributed by atoms with Crippen LogP contribution in [0.4, 0.5) is 0 Å². The maximum absolute atomic E-state index is 2.54. The van der Waals surface area contributed by atoms with Crippen LogP contribution in [-0.2, 0) is 10.8 Å². The quantitative estimate of drug-likeness (QED) is 0.172. The lowest BCUT2D eigenvalue weighted by Crippen LogP contribution is -2.35. The van der Waals surface area contributed by atoms with Crippen molar-refractivity contribution in [2.45, 2.75) is 51.4 Å². The van der Waals surface area contributed by atoms with E-state index in [1.165, 1.54) is 84.2 Å². The molecule has 0 atom stereocenters. The summed E-state index contributed by atoms with van der Waals surface area (Å²) in [5.41, 5.74) is 14.2. The van der Waals surface area contributed by atoms with E-state index in [4.69, 9.17) is 0 Å². The number of thiophene rings is 4. The lowest BCUT2D eigenvalue weighted by Gasteiger charge is -2.31. The van der Waals surface area contributed by atoms with Crippen LogP contribution < -0.4 is 10.4 Å². The van der Waals surface area contributed by atoms with Crippen LogP contribution in [0, 0.1) is 0 Å². The molecule has 3 aliphatic rings. The minimum Gasteiger partial charge on any atom is -0.143 e. The SMILES string of the molecule is CC1(C)c2cc(-c3ccc(-c4cccs4)s3)ccc2-c2c1c1c(c3c2=CCCC=3)-c2ccc(-c3ccc(-c4cccs4)s3)cc2C1(C)C. The molecule has 0 bridgehead atoms. The molecule has 7 aromatic rings. The van der Waals surface area contributed by atoms with E-state index in [1.807, 2.05) is 45.3 Å². The molecule has 10 rings (SSSR count). The van der Waals surface area contributed by atoms with Gasteiger partial charge in [0.15, 0.2) is 0 Å². The predicted octanol–water partition coefficient (Wildman–Crippen LogP) is 12.6. The second-order valence-electron chi connectivity index (χ2n) is 14.4. The minimum atomic E-state index is -0.121. The maximum Gasteiger partial charge on any atom is 0.0449 e. The Hall–Kier alpha value is -3.80. The average molecular weight is 691 g/mol. The number of hydrogen-bond donors (Lipinski definition) is 0. The van der Waals surface area contributed by atoms with Crippen molar-refractivity contribution in [2.75, 3.05) is 0 Å². The third-order valence-electron chi connectivity index (χ3n) is 10.9. The highest BCUT2D eigenvalue weighted by atomic mass is 32.1. The lowest BCUT2D eigenvalue weighted by atomic mass is 9.71. The average Bonchev–Trinajstić information content (AvgIpc) is 3.94. The first kappa shape index (κ1) is 29.1. The molecule has 4 aromatic heterocycles. The summed E-state index contributed by atoms with van der Waals surface area (Å²) in [6.07, 6.45) is 7.29. The number of hydrogen-bond acceptors (Lipinski definition) is 4. The zero-order chi connectivity index (χ0) is 32.4. The van der Waals surface area contributed by atoms with Gasteiger partial charge in [0.2, 0.25) is 0 Å². The molecule has 0 spiro atoms. The molecule has 3 aliphatic carbocycles. The fourth-order valence-electron chi connectivity index (χ4n) is 8.70. The first-order valence-corrected chi connectivity index (χ1v) is 20.2. The van der Waals surface area contributed by atoms with Gasteiger partial charge in [-0.15, -0.1) is 45.3 Å². The zero-order valence-electron chi connectivity index (χ0n) is 27.4. The van der Waals surface area contributed by atoms with Gasteiger partial charge in [0.25, 0.3) is 0 Å². The van der Waals surface area contributed by atoms with Gasteiger partial charge in [-0.05, 0) is 138 Å². The summed E-state index contributed by atoms with van der Waals surface area (Å²) >= 11 is 7.46. The standard InChI is InChI=1S/C44H34S4/c1-43(2)31-23-25(33-17-19-37(47-33)35-11-7-21-45-35)13-15-29(31)39-27-9-5-6-10-28(27)40-30-16-14-26(24-32(30)44(3,4)42(40)41(39)43)34-18-20-38(48-34)36-12-8-22-46-36/h7-24H,5-6H2,1-4H3. The van der Waals surface area contributed by atoms with Gasteiger partial charge < -0.3 is 0 Å². The molecule has 0 radical (unpaired) electrons. The fourth-order valence-corrected chi connectivity index (χ4v) is 12.4. The van der Waals surface area contributed by atoms with Crippen LogP contribution in [-0.4, -0.2) is 0 Å². The van der Waals surface area contributed by atoms with E-state index in [0.717, 1.165) is 12.8 Å². The topological polar surface area (TPSA) is 0 Å². The molecule has 0 fully saturated rings. The summed E-state index contributed by atoms with van der Waals surface area (Å²) in [5, 5.41) is 7.25. The number of rotatable bonds is 4. The highest BCUT2D eigenvalue weighted by molar-refractivity contribution is 7.23. The van der Waals surface area contributed by atoms with E-state index in [1.54, 1.807) is 11.1 Å². The van der Waals surface area contributed by atoms with Crippen LogP contribution in [0.25, 0.3) is 74.8 Å². The molecular formula is C44H34S4. The second-order valence-corrected chi connectivity index (χ2v) is 18.4. The molecule has 234 valence electrons.